The van der Waals surface area contributed by atoms with E-state index in [1.165, 1.54) is 5.56 Å². The molecule has 2 N–H and O–H groups in total. The van der Waals surface area contributed by atoms with Crippen molar-refractivity contribution in [3.63, 3.8) is 0 Å². The number of hydrogen-bond donors (Lipinski definition) is 2. The number of fused-ring (bicyclic) bond motifs is 1. The van der Waals surface area contributed by atoms with Gasteiger partial charge in [-0.25, -0.2) is 4.98 Å². The van der Waals surface area contributed by atoms with E-state index < -0.39 is 0 Å². The lowest BCUT2D eigenvalue weighted by Gasteiger charge is -1.98. The van der Waals surface area contributed by atoms with Gasteiger partial charge in [-0.3, -0.25) is 0 Å². The van der Waals surface area contributed by atoms with E-state index in [9.17, 15) is 0 Å². The Morgan fingerprint density at radius 2 is 2.19 bits per heavy atom. The number of hydrogen-bond acceptors (Lipinski definition) is 2. The monoisotopic (exact) mass is 218 g/mol. The van der Waals surface area contributed by atoms with Crippen molar-refractivity contribution in [1.29, 1.82) is 0 Å². The fourth-order valence-electron chi connectivity index (χ4n) is 1.90. The summed E-state index contributed by atoms with van der Waals surface area (Å²) >= 11 is 0. The summed E-state index contributed by atoms with van der Waals surface area (Å²) in [6.45, 7) is 2.40. The number of aryl methyl sites for hydroxylation is 2. The minimum Gasteiger partial charge on any atom is -0.396 e. The molecular formula is C13H18N2O. The van der Waals surface area contributed by atoms with E-state index in [-0.39, 0.29) is 6.61 Å². The molecule has 0 aliphatic rings. The second-order valence-electron chi connectivity index (χ2n) is 4.11. The molecule has 0 fully saturated rings. The molecule has 0 saturated heterocycles. The first-order valence-corrected chi connectivity index (χ1v) is 5.92. The van der Waals surface area contributed by atoms with Crippen LogP contribution in [0.4, 0.5) is 0 Å². The third-order valence-corrected chi connectivity index (χ3v) is 2.71. The normalized spacial score (nSPS) is 11.1. The average Bonchev–Trinajstić information content (AvgIpc) is 2.68. The maximum absolute atomic E-state index is 8.79. The van der Waals surface area contributed by atoms with Crippen LogP contribution >= 0.6 is 0 Å². The highest BCUT2D eigenvalue weighted by molar-refractivity contribution is 5.75. The molecule has 3 nitrogen and oxygen atoms in total. The zero-order valence-corrected chi connectivity index (χ0v) is 9.66. The van der Waals surface area contributed by atoms with E-state index >= 15 is 0 Å². The summed E-state index contributed by atoms with van der Waals surface area (Å²) in [5.41, 5.74) is 3.41. The van der Waals surface area contributed by atoms with Gasteiger partial charge in [0, 0.05) is 13.0 Å². The maximum atomic E-state index is 8.79. The molecule has 0 radical (unpaired) electrons. The molecule has 2 rings (SSSR count). The molecule has 0 amide bonds. The molecule has 0 aliphatic carbocycles. The van der Waals surface area contributed by atoms with Gasteiger partial charge < -0.3 is 10.1 Å². The summed E-state index contributed by atoms with van der Waals surface area (Å²) in [6.07, 6.45) is 3.86. The highest BCUT2D eigenvalue weighted by Gasteiger charge is 2.02. The van der Waals surface area contributed by atoms with Gasteiger partial charge in [-0.15, -0.1) is 0 Å². The van der Waals surface area contributed by atoms with Gasteiger partial charge in [-0.05, 0) is 37.0 Å². The predicted octanol–water partition coefficient (Wildman–Crippen LogP) is 2.44. The van der Waals surface area contributed by atoms with Gasteiger partial charge in [0.05, 0.1) is 11.0 Å². The van der Waals surface area contributed by atoms with Crippen molar-refractivity contribution >= 4 is 11.0 Å². The number of imidazole rings is 1. The van der Waals surface area contributed by atoms with Crippen molar-refractivity contribution in [2.75, 3.05) is 6.61 Å². The van der Waals surface area contributed by atoms with E-state index in [1.807, 2.05) is 0 Å². The minimum absolute atomic E-state index is 0.252. The van der Waals surface area contributed by atoms with Gasteiger partial charge >= 0.3 is 0 Å². The van der Waals surface area contributed by atoms with Gasteiger partial charge in [0.2, 0.25) is 0 Å². The number of benzene rings is 1. The van der Waals surface area contributed by atoms with Crippen molar-refractivity contribution in [3.8, 4) is 0 Å². The number of nitrogens with one attached hydrogen (secondary N) is 1. The highest BCUT2D eigenvalue weighted by atomic mass is 16.2. The highest BCUT2D eigenvalue weighted by Crippen LogP contribution is 2.15. The van der Waals surface area contributed by atoms with Crippen molar-refractivity contribution in [3.05, 3.63) is 29.6 Å². The van der Waals surface area contributed by atoms with Crippen LogP contribution in [-0.2, 0) is 12.8 Å². The van der Waals surface area contributed by atoms with Gasteiger partial charge in [0.1, 0.15) is 5.82 Å². The summed E-state index contributed by atoms with van der Waals surface area (Å²) in [5.74, 6) is 1.07. The van der Waals surface area contributed by atoms with E-state index in [1.54, 1.807) is 0 Å². The van der Waals surface area contributed by atoms with Gasteiger partial charge in [-0.1, -0.05) is 13.0 Å². The van der Waals surface area contributed by atoms with Gasteiger partial charge in [0.25, 0.3) is 0 Å². The third-order valence-electron chi connectivity index (χ3n) is 2.71. The largest absolute Gasteiger partial charge is 0.396 e. The van der Waals surface area contributed by atoms with Crippen LogP contribution in [0.3, 0.4) is 0 Å². The van der Waals surface area contributed by atoms with Crippen molar-refractivity contribution in [1.82, 2.24) is 9.97 Å². The van der Waals surface area contributed by atoms with E-state index in [0.29, 0.717) is 0 Å². The summed E-state index contributed by atoms with van der Waals surface area (Å²) in [6, 6.07) is 6.28. The predicted molar refractivity (Wildman–Crippen MR) is 65.5 cm³/mol. The molecule has 1 aromatic heterocycles. The summed E-state index contributed by atoms with van der Waals surface area (Å²) in [7, 11) is 0. The fraction of sp³-hybridized carbons (Fsp3) is 0.462. The Labute approximate surface area is 95.5 Å². The lowest BCUT2D eigenvalue weighted by atomic mass is 10.1. The molecule has 0 atom stereocenters. The van der Waals surface area contributed by atoms with E-state index in [2.05, 4.69) is 35.1 Å². The van der Waals surface area contributed by atoms with Crippen LogP contribution in [0.2, 0.25) is 0 Å². The van der Waals surface area contributed by atoms with Crippen LogP contribution < -0.4 is 0 Å². The number of aromatic amines is 1. The number of H-pyrrole nitrogens is 1. The lowest BCUT2D eigenvalue weighted by Crippen LogP contribution is -1.88. The molecular weight excluding hydrogens is 200 g/mol. The molecule has 86 valence electrons. The quantitative estimate of drug-likeness (QED) is 0.809. The SMILES string of the molecule is CCCc1nc2ccc(CCCO)cc2[nH]1. The molecule has 0 unspecified atom stereocenters. The lowest BCUT2D eigenvalue weighted by molar-refractivity contribution is 0.288. The second kappa shape index (κ2) is 5.12. The van der Waals surface area contributed by atoms with Crippen LogP contribution in [-0.4, -0.2) is 21.7 Å². The fourth-order valence-corrected chi connectivity index (χ4v) is 1.90. The first-order chi connectivity index (χ1) is 7.83. The van der Waals surface area contributed by atoms with E-state index in [4.69, 9.17) is 5.11 Å². The Morgan fingerprint density at radius 3 is 2.94 bits per heavy atom. The third kappa shape index (κ3) is 2.42. The first-order valence-electron chi connectivity index (χ1n) is 5.92. The molecule has 2 aromatic rings. The van der Waals surface area contributed by atoms with Crippen molar-refractivity contribution < 1.29 is 5.11 Å². The molecule has 1 heterocycles. The topological polar surface area (TPSA) is 48.9 Å². The first kappa shape index (κ1) is 11.1. The van der Waals surface area contributed by atoms with Gasteiger partial charge in [0.15, 0.2) is 0 Å². The Bertz CT molecular complexity index is 462. The molecule has 16 heavy (non-hydrogen) atoms. The zero-order valence-electron chi connectivity index (χ0n) is 9.66. The van der Waals surface area contributed by atoms with Crippen molar-refractivity contribution in [2.24, 2.45) is 0 Å². The molecule has 0 spiro atoms. The summed E-state index contributed by atoms with van der Waals surface area (Å²) in [4.78, 5) is 7.86. The van der Waals surface area contributed by atoms with Crippen LogP contribution in [0, 0.1) is 0 Å². The Morgan fingerprint density at radius 1 is 1.31 bits per heavy atom. The number of aliphatic hydroxyl groups excluding tert-OH is 1. The van der Waals surface area contributed by atoms with Crippen LogP contribution in [0.25, 0.3) is 11.0 Å². The average molecular weight is 218 g/mol. The maximum Gasteiger partial charge on any atom is 0.107 e. The summed E-state index contributed by atoms with van der Waals surface area (Å²) in [5, 5.41) is 8.79. The minimum atomic E-state index is 0.252. The van der Waals surface area contributed by atoms with Crippen LogP contribution in [0.15, 0.2) is 18.2 Å². The number of aromatic nitrogens is 2. The molecule has 0 aliphatic heterocycles. The summed E-state index contributed by atoms with van der Waals surface area (Å²) < 4.78 is 0. The van der Waals surface area contributed by atoms with Gasteiger partial charge in [-0.2, -0.15) is 0 Å². The number of rotatable bonds is 5. The number of nitrogens with zero attached hydrogens (tertiary/aromatic N) is 1. The zero-order chi connectivity index (χ0) is 11.4. The number of aliphatic hydroxyl groups is 1. The molecule has 3 heteroatoms. The molecule has 0 saturated carbocycles. The Hall–Kier alpha value is -1.35. The standard InChI is InChI=1S/C13H18N2O/c1-2-4-13-14-11-7-6-10(5-3-8-16)9-12(11)15-13/h6-7,9,16H,2-5,8H2,1H3,(H,14,15). The Balaban J connectivity index is 2.23. The van der Waals surface area contributed by atoms with Crippen LogP contribution in [0.1, 0.15) is 31.2 Å². The Kier molecular flexibility index (Phi) is 3.57. The van der Waals surface area contributed by atoms with Crippen molar-refractivity contribution in [2.45, 2.75) is 32.6 Å². The molecule has 1 aromatic carbocycles. The van der Waals surface area contributed by atoms with Crippen LogP contribution in [0.5, 0.6) is 0 Å². The van der Waals surface area contributed by atoms with E-state index in [0.717, 1.165) is 42.5 Å². The second-order valence-corrected chi connectivity index (χ2v) is 4.11. The smallest absolute Gasteiger partial charge is 0.107 e. The molecule has 0 bridgehead atoms.